The average Bonchev–Trinajstić information content (AvgIpc) is 2.95. The highest BCUT2D eigenvalue weighted by atomic mass is 35.5. The third-order valence-corrected chi connectivity index (χ3v) is 4.20. The van der Waals surface area contributed by atoms with Gasteiger partial charge in [-0.05, 0) is 38.5 Å². The first-order valence-corrected chi connectivity index (χ1v) is 8.80. The van der Waals surface area contributed by atoms with Crippen molar-refractivity contribution in [3.63, 3.8) is 0 Å². The highest BCUT2D eigenvalue weighted by molar-refractivity contribution is 6.32. The number of esters is 2. The molecule has 0 bridgehead atoms. The number of benzene rings is 1. The monoisotopic (exact) mass is 423 g/mol. The van der Waals surface area contributed by atoms with Crippen LogP contribution in [0.25, 0.3) is 0 Å². The summed E-state index contributed by atoms with van der Waals surface area (Å²) >= 11 is 5.71. The molecule has 154 valence electrons. The number of anilines is 1. The normalized spacial score (nSPS) is 10.3. The summed E-state index contributed by atoms with van der Waals surface area (Å²) < 4.78 is 9.91. The molecule has 0 aliphatic carbocycles. The van der Waals surface area contributed by atoms with Gasteiger partial charge in [0.25, 0.3) is 11.6 Å². The van der Waals surface area contributed by atoms with E-state index in [0.717, 1.165) is 6.07 Å². The van der Waals surface area contributed by atoms with E-state index in [1.807, 2.05) is 0 Å². The van der Waals surface area contributed by atoms with Crippen molar-refractivity contribution in [3.8, 4) is 0 Å². The second kappa shape index (κ2) is 9.20. The van der Waals surface area contributed by atoms with E-state index < -0.39 is 29.4 Å². The van der Waals surface area contributed by atoms with Gasteiger partial charge in [-0.1, -0.05) is 11.6 Å². The highest BCUT2D eigenvalue weighted by Gasteiger charge is 2.24. The second-order valence-corrected chi connectivity index (χ2v) is 6.30. The Morgan fingerprint density at radius 3 is 2.52 bits per heavy atom. The van der Waals surface area contributed by atoms with Gasteiger partial charge >= 0.3 is 11.9 Å². The van der Waals surface area contributed by atoms with E-state index in [9.17, 15) is 24.5 Å². The quantitative estimate of drug-likeness (QED) is 0.395. The third-order valence-electron chi connectivity index (χ3n) is 3.88. The SMILES string of the molecule is CCOC(=O)c1[nH]c(C)c(C(=O)OCC(=O)Nc2ccc(Cl)c([N+](=O)[O-])c2)c1C. The van der Waals surface area contributed by atoms with Gasteiger partial charge in [0.1, 0.15) is 10.7 Å². The number of carbonyl (C=O) groups excluding carboxylic acids is 3. The number of rotatable bonds is 7. The van der Waals surface area contributed by atoms with Gasteiger partial charge in [0.2, 0.25) is 0 Å². The van der Waals surface area contributed by atoms with Crippen LogP contribution in [0.1, 0.15) is 39.0 Å². The largest absolute Gasteiger partial charge is 0.461 e. The van der Waals surface area contributed by atoms with Crippen LogP contribution in [0.15, 0.2) is 18.2 Å². The van der Waals surface area contributed by atoms with Gasteiger partial charge in [0.05, 0.1) is 17.1 Å². The first-order chi connectivity index (χ1) is 13.6. The maximum atomic E-state index is 12.3. The molecule has 0 saturated carbocycles. The number of halogens is 1. The molecule has 0 saturated heterocycles. The number of H-pyrrole nitrogens is 1. The summed E-state index contributed by atoms with van der Waals surface area (Å²) in [6.07, 6.45) is 0. The Morgan fingerprint density at radius 1 is 1.21 bits per heavy atom. The molecule has 2 N–H and O–H groups in total. The molecule has 0 atom stereocenters. The lowest BCUT2D eigenvalue weighted by atomic mass is 10.1. The molecule has 0 spiro atoms. The van der Waals surface area contributed by atoms with Crippen LogP contribution in [-0.4, -0.2) is 41.0 Å². The van der Waals surface area contributed by atoms with Crippen LogP contribution in [0.5, 0.6) is 0 Å². The third kappa shape index (κ3) is 5.11. The minimum atomic E-state index is -0.802. The van der Waals surface area contributed by atoms with Crippen molar-refractivity contribution in [2.45, 2.75) is 20.8 Å². The highest BCUT2D eigenvalue weighted by Crippen LogP contribution is 2.27. The molecule has 0 unspecified atom stereocenters. The number of nitro benzene ring substituents is 1. The standard InChI is InChI=1S/C18H18ClN3O7/c1-4-28-18(25)16-9(2)15(10(3)20-16)17(24)29-8-14(23)21-11-5-6-12(19)13(7-11)22(26)27/h5-7,20H,4,8H2,1-3H3,(H,21,23). The maximum Gasteiger partial charge on any atom is 0.355 e. The smallest absolute Gasteiger partial charge is 0.355 e. The summed E-state index contributed by atoms with van der Waals surface area (Å²) in [6, 6.07) is 3.74. The average molecular weight is 424 g/mol. The Kier molecular flexibility index (Phi) is 6.94. The number of hydrogen-bond donors (Lipinski definition) is 2. The lowest BCUT2D eigenvalue weighted by Gasteiger charge is -2.07. The van der Waals surface area contributed by atoms with Crippen LogP contribution in [0.3, 0.4) is 0 Å². The van der Waals surface area contributed by atoms with Crippen molar-refractivity contribution < 1.29 is 28.8 Å². The van der Waals surface area contributed by atoms with E-state index in [1.165, 1.54) is 12.1 Å². The number of aromatic amines is 1. The van der Waals surface area contributed by atoms with Crippen LogP contribution >= 0.6 is 11.6 Å². The van der Waals surface area contributed by atoms with Crippen LogP contribution < -0.4 is 5.32 Å². The number of ether oxygens (including phenoxy) is 2. The van der Waals surface area contributed by atoms with Crippen LogP contribution in [0.2, 0.25) is 5.02 Å². The van der Waals surface area contributed by atoms with Crippen molar-refractivity contribution in [3.05, 3.63) is 55.9 Å². The van der Waals surface area contributed by atoms with Crippen molar-refractivity contribution in [2.24, 2.45) is 0 Å². The van der Waals surface area contributed by atoms with Crippen molar-refractivity contribution >= 4 is 40.8 Å². The van der Waals surface area contributed by atoms with Crippen LogP contribution in [0, 0.1) is 24.0 Å². The Labute approximate surface area is 170 Å². The molecule has 1 aromatic heterocycles. The summed E-state index contributed by atoms with van der Waals surface area (Å²) in [7, 11) is 0. The van der Waals surface area contributed by atoms with E-state index in [-0.39, 0.29) is 34.3 Å². The predicted octanol–water partition coefficient (Wildman–Crippen LogP) is 3.17. The molecular weight excluding hydrogens is 406 g/mol. The molecule has 0 fully saturated rings. The summed E-state index contributed by atoms with van der Waals surface area (Å²) in [4.78, 5) is 49.2. The Bertz CT molecular complexity index is 984. The number of amides is 1. The molecule has 1 amide bonds. The number of nitrogens with one attached hydrogen (secondary N) is 2. The molecule has 10 nitrogen and oxygen atoms in total. The van der Waals surface area contributed by atoms with Crippen molar-refractivity contribution in [1.82, 2.24) is 4.98 Å². The summed E-state index contributed by atoms with van der Waals surface area (Å²) in [6.45, 7) is 4.35. The zero-order valence-electron chi connectivity index (χ0n) is 15.8. The fraction of sp³-hybridized carbons (Fsp3) is 0.278. The zero-order valence-corrected chi connectivity index (χ0v) is 16.6. The fourth-order valence-corrected chi connectivity index (χ4v) is 2.78. The van der Waals surface area contributed by atoms with E-state index in [4.69, 9.17) is 21.1 Å². The number of aromatic nitrogens is 1. The first kappa shape index (κ1) is 21.9. The number of carbonyl (C=O) groups is 3. The Morgan fingerprint density at radius 2 is 1.90 bits per heavy atom. The van der Waals surface area contributed by atoms with Crippen LogP contribution in [0.4, 0.5) is 11.4 Å². The molecular formula is C18H18ClN3O7. The minimum absolute atomic E-state index is 0.0739. The second-order valence-electron chi connectivity index (χ2n) is 5.89. The topological polar surface area (TPSA) is 141 Å². The number of hydrogen-bond acceptors (Lipinski definition) is 7. The van der Waals surface area contributed by atoms with Gasteiger partial charge in [-0.2, -0.15) is 0 Å². The van der Waals surface area contributed by atoms with Gasteiger partial charge in [-0.25, -0.2) is 9.59 Å². The maximum absolute atomic E-state index is 12.3. The zero-order chi connectivity index (χ0) is 21.7. The van der Waals surface area contributed by atoms with E-state index in [2.05, 4.69) is 10.3 Å². The lowest BCUT2D eigenvalue weighted by molar-refractivity contribution is -0.384. The number of nitrogens with zero attached hydrogens (tertiary/aromatic N) is 1. The fourth-order valence-electron chi connectivity index (χ4n) is 2.59. The molecule has 2 rings (SSSR count). The molecule has 29 heavy (non-hydrogen) atoms. The minimum Gasteiger partial charge on any atom is -0.461 e. The number of nitro groups is 1. The lowest BCUT2D eigenvalue weighted by Crippen LogP contribution is -2.21. The molecule has 2 aromatic rings. The Balaban J connectivity index is 2.04. The molecule has 1 heterocycles. The summed E-state index contributed by atoms with van der Waals surface area (Å²) in [5.41, 5.74) is 0.758. The summed E-state index contributed by atoms with van der Waals surface area (Å²) in [5.74, 6) is -2.11. The van der Waals surface area contributed by atoms with Gasteiger partial charge < -0.3 is 19.8 Å². The molecule has 0 aliphatic rings. The van der Waals surface area contributed by atoms with E-state index in [1.54, 1.807) is 20.8 Å². The molecule has 11 heteroatoms. The first-order valence-electron chi connectivity index (χ1n) is 8.42. The van der Waals surface area contributed by atoms with Gasteiger partial charge in [-0.3, -0.25) is 14.9 Å². The van der Waals surface area contributed by atoms with Crippen molar-refractivity contribution in [1.29, 1.82) is 0 Å². The van der Waals surface area contributed by atoms with Gasteiger partial charge in [0.15, 0.2) is 6.61 Å². The van der Waals surface area contributed by atoms with E-state index in [0.29, 0.717) is 11.3 Å². The Hall–Kier alpha value is -3.40. The molecule has 1 aromatic carbocycles. The van der Waals surface area contributed by atoms with Gasteiger partial charge in [0, 0.05) is 17.4 Å². The van der Waals surface area contributed by atoms with Gasteiger partial charge in [-0.15, -0.1) is 0 Å². The molecule has 0 radical (unpaired) electrons. The summed E-state index contributed by atoms with van der Waals surface area (Å²) in [5, 5.41) is 13.2. The van der Waals surface area contributed by atoms with Crippen LogP contribution in [-0.2, 0) is 14.3 Å². The number of aryl methyl sites for hydroxylation is 1. The van der Waals surface area contributed by atoms with E-state index >= 15 is 0 Å². The van der Waals surface area contributed by atoms with Crippen molar-refractivity contribution in [2.75, 3.05) is 18.5 Å². The predicted molar refractivity (Wildman–Crippen MR) is 103 cm³/mol. The molecule has 0 aliphatic heterocycles.